The molecule has 23 heavy (non-hydrogen) atoms. The zero-order valence-corrected chi connectivity index (χ0v) is 17.3. The molecule has 0 aliphatic heterocycles. The quantitative estimate of drug-likeness (QED) is 0.137. The van der Waals surface area contributed by atoms with E-state index in [2.05, 4.69) is 29.5 Å². The summed E-state index contributed by atoms with van der Waals surface area (Å²) < 4.78 is 5.93. The molecular weight excluding hydrogens is 399 g/mol. The molecule has 1 fully saturated rings. The van der Waals surface area contributed by atoms with Crippen molar-refractivity contribution in [2.75, 3.05) is 4.43 Å². The van der Waals surface area contributed by atoms with Crippen LogP contribution < -0.4 is 0 Å². The Bertz CT molecular complexity index is 285. The summed E-state index contributed by atoms with van der Waals surface area (Å²) in [7, 11) is 0. The Morgan fingerprint density at radius 1 is 0.870 bits per heavy atom. The van der Waals surface area contributed by atoms with Gasteiger partial charge in [-0.05, 0) is 31.6 Å². The molecule has 0 bridgehead atoms. The SMILES string of the molecule is CCCCCCCCCCCCC1CCC(OC(=O)CI)CC1. The monoisotopic (exact) mass is 436 g/mol. The molecule has 0 unspecified atom stereocenters. The number of unbranched alkanes of at least 4 members (excludes halogenated alkanes) is 9. The maximum absolute atomic E-state index is 11.3. The highest BCUT2D eigenvalue weighted by atomic mass is 127. The second kappa shape index (κ2) is 14.5. The lowest BCUT2D eigenvalue weighted by atomic mass is 9.84. The van der Waals surface area contributed by atoms with E-state index in [0.717, 1.165) is 18.8 Å². The number of halogens is 1. The lowest BCUT2D eigenvalue weighted by molar-refractivity contribution is -0.147. The summed E-state index contributed by atoms with van der Waals surface area (Å²) in [5.41, 5.74) is 0. The third-order valence-electron chi connectivity index (χ3n) is 5.17. The minimum atomic E-state index is -0.0382. The van der Waals surface area contributed by atoms with Crippen molar-refractivity contribution in [3.63, 3.8) is 0 Å². The molecule has 0 aromatic heterocycles. The van der Waals surface area contributed by atoms with Gasteiger partial charge in [-0.2, -0.15) is 0 Å². The number of carbonyl (C=O) groups is 1. The lowest BCUT2D eigenvalue weighted by Crippen LogP contribution is -2.24. The van der Waals surface area contributed by atoms with Crippen molar-refractivity contribution in [1.29, 1.82) is 0 Å². The first-order valence-corrected chi connectivity index (χ1v) is 11.5. The maximum Gasteiger partial charge on any atom is 0.316 e. The van der Waals surface area contributed by atoms with Crippen molar-refractivity contribution in [2.45, 2.75) is 109 Å². The van der Waals surface area contributed by atoms with E-state index in [1.807, 2.05) is 0 Å². The minimum absolute atomic E-state index is 0.0382. The van der Waals surface area contributed by atoms with Crippen LogP contribution in [0, 0.1) is 5.92 Å². The van der Waals surface area contributed by atoms with Gasteiger partial charge in [0.25, 0.3) is 0 Å². The molecule has 0 atom stereocenters. The molecule has 136 valence electrons. The van der Waals surface area contributed by atoms with Crippen LogP contribution in [0.2, 0.25) is 0 Å². The zero-order valence-electron chi connectivity index (χ0n) is 15.2. The van der Waals surface area contributed by atoms with E-state index in [9.17, 15) is 4.79 Å². The molecule has 0 spiro atoms. The van der Waals surface area contributed by atoms with Gasteiger partial charge in [0, 0.05) is 0 Å². The minimum Gasteiger partial charge on any atom is -0.462 e. The fourth-order valence-electron chi connectivity index (χ4n) is 3.68. The number of carbonyl (C=O) groups excluding carboxylic acids is 1. The number of hydrogen-bond acceptors (Lipinski definition) is 2. The van der Waals surface area contributed by atoms with Gasteiger partial charge in [0.15, 0.2) is 0 Å². The van der Waals surface area contributed by atoms with Crippen LogP contribution in [-0.2, 0) is 9.53 Å². The Morgan fingerprint density at radius 2 is 1.39 bits per heavy atom. The van der Waals surface area contributed by atoms with Crippen molar-refractivity contribution in [3.8, 4) is 0 Å². The number of ether oxygens (including phenoxy) is 1. The first-order chi connectivity index (χ1) is 11.3. The first kappa shape index (κ1) is 21.2. The van der Waals surface area contributed by atoms with Gasteiger partial charge in [-0.3, -0.25) is 4.79 Å². The van der Waals surface area contributed by atoms with Gasteiger partial charge in [0.2, 0.25) is 0 Å². The predicted octanol–water partition coefficient (Wildman–Crippen LogP) is 6.83. The van der Waals surface area contributed by atoms with Crippen LogP contribution in [0.1, 0.15) is 103 Å². The van der Waals surface area contributed by atoms with Crippen molar-refractivity contribution in [1.82, 2.24) is 0 Å². The molecule has 1 rings (SSSR count). The second-order valence-electron chi connectivity index (χ2n) is 7.24. The molecule has 0 saturated heterocycles. The summed E-state index contributed by atoms with van der Waals surface area (Å²) in [6.07, 6.45) is 20.5. The van der Waals surface area contributed by atoms with E-state index >= 15 is 0 Å². The third kappa shape index (κ3) is 11.4. The second-order valence-corrected chi connectivity index (χ2v) is 8.00. The molecule has 0 amide bonds. The van der Waals surface area contributed by atoms with E-state index in [4.69, 9.17) is 4.74 Å². The van der Waals surface area contributed by atoms with Gasteiger partial charge in [-0.25, -0.2) is 0 Å². The van der Waals surface area contributed by atoms with Crippen LogP contribution in [0.25, 0.3) is 0 Å². The largest absolute Gasteiger partial charge is 0.462 e. The summed E-state index contributed by atoms with van der Waals surface area (Å²) >= 11 is 2.08. The average molecular weight is 436 g/mol. The van der Waals surface area contributed by atoms with Gasteiger partial charge in [-0.15, -0.1) is 0 Å². The Kier molecular flexibility index (Phi) is 13.4. The topological polar surface area (TPSA) is 26.3 Å². The van der Waals surface area contributed by atoms with E-state index in [-0.39, 0.29) is 12.1 Å². The molecular formula is C20H37IO2. The normalized spacial score (nSPS) is 21.3. The Balaban J connectivity index is 1.87. The van der Waals surface area contributed by atoms with Gasteiger partial charge in [0.1, 0.15) is 6.10 Å². The number of rotatable bonds is 13. The highest BCUT2D eigenvalue weighted by Crippen LogP contribution is 2.30. The predicted molar refractivity (Wildman–Crippen MR) is 107 cm³/mol. The maximum atomic E-state index is 11.3. The Hall–Kier alpha value is 0.200. The van der Waals surface area contributed by atoms with E-state index in [0.29, 0.717) is 4.43 Å². The van der Waals surface area contributed by atoms with Gasteiger partial charge < -0.3 is 4.74 Å². The van der Waals surface area contributed by atoms with Crippen LogP contribution in [0.15, 0.2) is 0 Å². The van der Waals surface area contributed by atoms with Crippen LogP contribution in [0.4, 0.5) is 0 Å². The van der Waals surface area contributed by atoms with Crippen molar-refractivity contribution in [3.05, 3.63) is 0 Å². The third-order valence-corrected chi connectivity index (χ3v) is 5.79. The van der Waals surface area contributed by atoms with Crippen molar-refractivity contribution < 1.29 is 9.53 Å². The molecule has 0 aromatic carbocycles. The van der Waals surface area contributed by atoms with Gasteiger partial charge in [-0.1, -0.05) is 100 Å². The summed E-state index contributed by atoms with van der Waals surface area (Å²) in [6, 6.07) is 0. The Labute approximate surface area is 157 Å². The molecule has 2 nitrogen and oxygen atoms in total. The summed E-state index contributed by atoms with van der Waals surface area (Å²) in [4.78, 5) is 11.3. The van der Waals surface area contributed by atoms with Crippen LogP contribution in [0.5, 0.6) is 0 Å². The van der Waals surface area contributed by atoms with Crippen molar-refractivity contribution in [2.24, 2.45) is 5.92 Å². The molecule has 1 aliphatic carbocycles. The first-order valence-electron chi connectivity index (χ1n) is 10.0. The smallest absolute Gasteiger partial charge is 0.316 e. The van der Waals surface area contributed by atoms with Crippen LogP contribution in [-0.4, -0.2) is 16.5 Å². The van der Waals surface area contributed by atoms with E-state index < -0.39 is 0 Å². The van der Waals surface area contributed by atoms with Crippen LogP contribution in [0.3, 0.4) is 0 Å². The Morgan fingerprint density at radius 3 is 1.91 bits per heavy atom. The standard InChI is InChI=1S/C20H37IO2/c1-2-3-4-5-6-7-8-9-10-11-12-18-13-15-19(16-14-18)23-20(22)17-21/h18-19H,2-17H2,1H3. The molecule has 1 aliphatic rings. The summed E-state index contributed by atoms with van der Waals surface area (Å²) in [5, 5.41) is 0. The molecule has 0 radical (unpaired) electrons. The van der Waals surface area contributed by atoms with Gasteiger partial charge >= 0.3 is 5.97 Å². The van der Waals surface area contributed by atoms with Gasteiger partial charge in [0.05, 0.1) is 4.43 Å². The highest BCUT2D eigenvalue weighted by Gasteiger charge is 2.23. The lowest BCUT2D eigenvalue weighted by Gasteiger charge is -2.28. The summed E-state index contributed by atoms with van der Waals surface area (Å²) in [5.74, 6) is 0.849. The fourth-order valence-corrected chi connectivity index (χ4v) is 3.86. The zero-order chi connectivity index (χ0) is 16.8. The van der Waals surface area contributed by atoms with Crippen molar-refractivity contribution >= 4 is 28.6 Å². The molecule has 0 heterocycles. The van der Waals surface area contributed by atoms with E-state index in [1.54, 1.807) is 0 Å². The van der Waals surface area contributed by atoms with Crippen LogP contribution >= 0.6 is 22.6 Å². The fraction of sp³-hybridized carbons (Fsp3) is 0.950. The molecule has 0 N–H and O–H groups in total. The molecule has 0 aromatic rings. The number of alkyl halides is 1. The molecule has 3 heteroatoms. The number of hydrogen-bond donors (Lipinski definition) is 0. The van der Waals surface area contributed by atoms with E-state index in [1.165, 1.54) is 83.5 Å². The average Bonchev–Trinajstić information content (AvgIpc) is 2.58. The molecule has 1 saturated carbocycles. The highest BCUT2D eigenvalue weighted by molar-refractivity contribution is 14.1. The number of esters is 1. The summed E-state index contributed by atoms with van der Waals surface area (Å²) in [6.45, 7) is 2.28.